The van der Waals surface area contributed by atoms with E-state index in [-0.39, 0.29) is 16.2 Å². The molecular formula is C17H21N3O6S. The van der Waals surface area contributed by atoms with Crippen molar-refractivity contribution in [2.75, 3.05) is 13.7 Å². The number of amides is 1. The Bertz CT molecular complexity index is 869. The number of hydrogen-bond donors (Lipinski definition) is 2. The standard InChI is InChI=1S/C17H21N3O6S/c1-25-14-6-5-12(27(19,23)24)9-13(14)16(22)26-10-15(21)20-17(11-18)7-3-2-4-8-17/h5-6,9H,2-4,7-8,10H2,1H3,(H,20,21)(H2,19,23,24). The number of nitrogens with one attached hydrogen (secondary N) is 1. The summed E-state index contributed by atoms with van der Waals surface area (Å²) in [4.78, 5) is 24.1. The van der Waals surface area contributed by atoms with Crippen LogP contribution in [0.5, 0.6) is 5.75 Å². The summed E-state index contributed by atoms with van der Waals surface area (Å²) in [6, 6.07) is 5.62. The van der Waals surface area contributed by atoms with Crippen molar-refractivity contribution in [1.29, 1.82) is 5.26 Å². The lowest BCUT2D eigenvalue weighted by atomic mass is 9.83. The fourth-order valence-electron chi connectivity index (χ4n) is 2.96. The first kappa shape index (κ1) is 20.7. The van der Waals surface area contributed by atoms with Gasteiger partial charge < -0.3 is 14.8 Å². The van der Waals surface area contributed by atoms with Crippen LogP contribution in [0, 0.1) is 11.3 Å². The quantitative estimate of drug-likeness (QED) is 0.678. The van der Waals surface area contributed by atoms with Crippen molar-refractivity contribution >= 4 is 21.9 Å². The summed E-state index contributed by atoms with van der Waals surface area (Å²) >= 11 is 0. The monoisotopic (exact) mass is 395 g/mol. The highest BCUT2D eigenvalue weighted by atomic mass is 32.2. The van der Waals surface area contributed by atoms with Crippen LogP contribution in [0.15, 0.2) is 23.1 Å². The van der Waals surface area contributed by atoms with Gasteiger partial charge in [0.2, 0.25) is 10.0 Å². The number of rotatable bonds is 6. The molecule has 1 aliphatic carbocycles. The van der Waals surface area contributed by atoms with Crippen LogP contribution in [0.2, 0.25) is 0 Å². The molecular weight excluding hydrogens is 374 g/mol. The van der Waals surface area contributed by atoms with E-state index in [0.717, 1.165) is 25.3 Å². The Hall–Kier alpha value is -2.64. The molecule has 0 aliphatic heterocycles. The molecule has 1 saturated carbocycles. The van der Waals surface area contributed by atoms with Crippen LogP contribution in [0.25, 0.3) is 0 Å². The molecule has 0 unspecified atom stereocenters. The van der Waals surface area contributed by atoms with Gasteiger partial charge >= 0.3 is 5.97 Å². The van der Waals surface area contributed by atoms with Crippen LogP contribution in [-0.2, 0) is 19.6 Å². The van der Waals surface area contributed by atoms with Crippen molar-refractivity contribution in [2.24, 2.45) is 5.14 Å². The van der Waals surface area contributed by atoms with Gasteiger partial charge in [-0.15, -0.1) is 0 Å². The highest BCUT2D eigenvalue weighted by Gasteiger charge is 2.33. The van der Waals surface area contributed by atoms with Gasteiger partial charge in [0.25, 0.3) is 5.91 Å². The van der Waals surface area contributed by atoms with Gasteiger partial charge in [-0.2, -0.15) is 5.26 Å². The van der Waals surface area contributed by atoms with E-state index in [4.69, 9.17) is 14.6 Å². The van der Waals surface area contributed by atoms with Gasteiger partial charge in [-0.1, -0.05) is 19.3 Å². The van der Waals surface area contributed by atoms with Gasteiger partial charge in [-0.05, 0) is 31.0 Å². The van der Waals surface area contributed by atoms with Crippen LogP contribution >= 0.6 is 0 Å². The predicted molar refractivity (Wildman–Crippen MR) is 94.2 cm³/mol. The molecule has 0 saturated heterocycles. The van der Waals surface area contributed by atoms with E-state index < -0.39 is 34.0 Å². The minimum atomic E-state index is -4.02. The fraction of sp³-hybridized carbons (Fsp3) is 0.471. The van der Waals surface area contributed by atoms with Gasteiger partial charge in [0.05, 0.1) is 18.1 Å². The number of carbonyl (C=O) groups is 2. The van der Waals surface area contributed by atoms with Crippen molar-refractivity contribution in [3.8, 4) is 11.8 Å². The molecule has 1 fully saturated rings. The lowest BCUT2D eigenvalue weighted by molar-refractivity contribution is -0.125. The maximum atomic E-state index is 12.3. The van der Waals surface area contributed by atoms with E-state index in [0.29, 0.717) is 12.8 Å². The molecule has 0 radical (unpaired) electrons. The average Bonchev–Trinajstić information content (AvgIpc) is 2.65. The summed E-state index contributed by atoms with van der Waals surface area (Å²) in [5, 5.41) is 17.0. The van der Waals surface area contributed by atoms with E-state index >= 15 is 0 Å². The second-order valence-corrected chi connectivity index (χ2v) is 7.85. The SMILES string of the molecule is COc1ccc(S(N)(=O)=O)cc1C(=O)OCC(=O)NC1(C#N)CCCCC1. The second-order valence-electron chi connectivity index (χ2n) is 6.29. The average molecular weight is 395 g/mol. The van der Waals surface area contributed by atoms with Crippen LogP contribution in [-0.4, -0.2) is 39.5 Å². The van der Waals surface area contributed by atoms with Crippen LogP contribution in [0.3, 0.4) is 0 Å². The molecule has 0 atom stereocenters. The first-order chi connectivity index (χ1) is 12.7. The first-order valence-electron chi connectivity index (χ1n) is 8.31. The second kappa shape index (κ2) is 8.37. The van der Waals surface area contributed by atoms with E-state index in [2.05, 4.69) is 11.4 Å². The van der Waals surface area contributed by atoms with Gasteiger partial charge in [0, 0.05) is 0 Å². The number of nitriles is 1. The Labute approximate surface area is 157 Å². The lowest BCUT2D eigenvalue weighted by Crippen LogP contribution is -2.50. The minimum absolute atomic E-state index is 0.0774. The lowest BCUT2D eigenvalue weighted by Gasteiger charge is -2.31. The first-order valence-corrected chi connectivity index (χ1v) is 9.86. The number of ether oxygens (including phenoxy) is 2. The van der Waals surface area contributed by atoms with E-state index in [1.807, 2.05) is 0 Å². The molecule has 1 aromatic rings. The van der Waals surface area contributed by atoms with Gasteiger partial charge in [0.15, 0.2) is 6.61 Å². The third-order valence-corrected chi connectivity index (χ3v) is 5.26. The predicted octanol–water partition coefficient (Wildman–Crippen LogP) is 0.842. The van der Waals surface area contributed by atoms with Crippen molar-refractivity contribution in [2.45, 2.75) is 42.5 Å². The third-order valence-electron chi connectivity index (χ3n) is 4.35. The number of nitrogens with zero attached hydrogens (tertiary/aromatic N) is 1. The molecule has 27 heavy (non-hydrogen) atoms. The zero-order valence-electron chi connectivity index (χ0n) is 14.9. The minimum Gasteiger partial charge on any atom is -0.496 e. The summed E-state index contributed by atoms with van der Waals surface area (Å²) in [6.45, 7) is -0.606. The molecule has 0 heterocycles. The summed E-state index contributed by atoms with van der Waals surface area (Å²) in [6.07, 6.45) is 3.78. The van der Waals surface area contributed by atoms with Crippen molar-refractivity contribution < 1.29 is 27.5 Å². The summed E-state index contributed by atoms with van der Waals surface area (Å²) in [7, 11) is -2.72. The number of sulfonamides is 1. The summed E-state index contributed by atoms with van der Waals surface area (Å²) in [5.41, 5.74) is -1.11. The van der Waals surface area contributed by atoms with E-state index in [9.17, 15) is 23.3 Å². The van der Waals surface area contributed by atoms with E-state index in [1.54, 1.807) is 0 Å². The number of nitrogens with two attached hydrogens (primary N) is 1. The molecule has 10 heteroatoms. The molecule has 2 rings (SSSR count). The number of hydrogen-bond acceptors (Lipinski definition) is 7. The van der Waals surface area contributed by atoms with Crippen molar-refractivity contribution in [3.63, 3.8) is 0 Å². The molecule has 146 valence electrons. The smallest absolute Gasteiger partial charge is 0.342 e. The van der Waals surface area contributed by atoms with Crippen LogP contribution < -0.4 is 15.2 Å². The summed E-state index contributed by atoms with van der Waals surface area (Å²) in [5.74, 6) is -1.47. The zero-order valence-corrected chi connectivity index (χ0v) is 15.7. The van der Waals surface area contributed by atoms with Gasteiger partial charge in [0.1, 0.15) is 16.9 Å². The number of carbonyl (C=O) groups excluding carboxylic acids is 2. The molecule has 1 amide bonds. The molecule has 9 nitrogen and oxygen atoms in total. The van der Waals surface area contributed by atoms with Gasteiger partial charge in [-0.25, -0.2) is 18.4 Å². The molecule has 1 aromatic carbocycles. The Balaban J connectivity index is 2.07. The Morgan fingerprint density at radius 1 is 1.30 bits per heavy atom. The Morgan fingerprint density at radius 3 is 2.52 bits per heavy atom. The fourth-order valence-corrected chi connectivity index (χ4v) is 3.50. The zero-order chi connectivity index (χ0) is 20.1. The largest absolute Gasteiger partial charge is 0.496 e. The highest BCUT2D eigenvalue weighted by molar-refractivity contribution is 7.89. The van der Waals surface area contributed by atoms with Crippen LogP contribution in [0.4, 0.5) is 0 Å². The molecule has 0 aromatic heterocycles. The third kappa shape index (κ3) is 5.18. The Morgan fingerprint density at radius 2 is 1.96 bits per heavy atom. The molecule has 1 aliphatic rings. The number of esters is 1. The normalized spacial score (nSPS) is 16.0. The number of benzene rings is 1. The van der Waals surface area contributed by atoms with E-state index in [1.165, 1.54) is 19.2 Å². The Kier molecular flexibility index (Phi) is 6.41. The van der Waals surface area contributed by atoms with Crippen molar-refractivity contribution in [1.82, 2.24) is 5.32 Å². The van der Waals surface area contributed by atoms with Crippen LogP contribution in [0.1, 0.15) is 42.5 Å². The molecule has 0 bridgehead atoms. The summed E-state index contributed by atoms with van der Waals surface area (Å²) < 4.78 is 32.9. The maximum Gasteiger partial charge on any atom is 0.342 e. The van der Waals surface area contributed by atoms with Crippen molar-refractivity contribution in [3.05, 3.63) is 23.8 Å². The topological polar surface area (TPSA) is 149 Å². The molecule has 0 spiro atoms. The molecule has 3 N–H and O–H groups in total. The maximum absolute atomic E-state index is 12.3. The number of primary sulfonamides is 1. The van der Waals surface area contributed by atoms with Gasteiger partial charge in [-0.3, -0.25) is 4.79 Å². The number of methoxy groups -OCH3 is 1. The highest BCUT2D eigenvalue weighted by Crippen LogP contribution is 2.27.